The van der Waals surface area contributed by atoms with Gasteiger partial charge in [-0.15, -0.1) is 0 Å². The van der Waals surface area contributed by atoms with Crippen LogP contribution >= 0.6 is 0 Å². The van der Waals surface area contributed by atoms with Gasteiger partial charge in [0.05, 0.1) is 6.61 Å². The van der Waals surface area contributed by atoms with Crippen LogP contribution in [0.5, 0.6) is 0 Å². The minimum absolute atomic E-state index is 0.381. The number of rotatable bonds is 3. The Morgan fingerprint density at radius 3 is 2.92 bits per heavy atom. The van der Waals surface area contributed by atoms with Crippen LogP contribution in [0.4, 0.5) is 10.5 Å². The van der Waals surface area contributed by atoms with Crippen molar-refractivity contribution in [2.24, 2.45) is 5.41 Å². The van der Waals surface area contributed by atoms with Crippen molar-refractivity contribution in [2.75, 3.05) is 31.6 Å². The Morgan fingerprint density at radius 1 is 1.38 bits per heavy atom. The number of ether oxygens (including phenoxy) is 2. The molecule has 0 unspecified atom stereocenters. The highest BCUT2D eigenvalue weighted by atomic mass is 16.6. The number of carbonyl (C=O) groups is 1. The molecule has 2 heterocycles. The summed E-state index contributed by atoms with van der Waals surface area (Å²) in [5.41, 5.74) is 1.88. The van der Waals surface area contributed by atoms with E-state index in [-0.39, 0.29) is 0 Å². The Balaban J connectivity index is 1.56. The predicted molar refractivity (Wildman–Crippen MR) is 94.1 cm³/mol. The Labute approximate surface area is 144 Å². The van der Waals surface area contributed by atoms with Crippen molar-refractivity contribution in [1.29, 1.82) is 0 Å². The molecule has 0 radical (unpaired) electrons. The van der Waals surface area contributed by atoms with Gasteiger partial charge in [-0.25, -0.2) is 4.79 Å². The van der Waals surface area contributed by atoms with Crippen LogP contribution in [0.2, 0.25) is 0 Å². The van der Waals surface area contributed by atoms with Gasteiger partial charge in [-0.1, -0.05) is 12.1 Å². The largest absolute Gasteiger partial charge is 0.444 e. The Bertz CT molecular complexity index is 589. The summed E-state index contributed by atoms with van der Waals surface area (Å²) in [7, 11) is 0. The van der Waals surface area contributed by atoms with Crippen molar-refractivity contribution in [3.8, 4) is 0 Å². The van der Waals surface area contributed by atoms with E-state index in [4.69, 9.17) is 9.47 Å². The monoisotopic (exact) mass is 332 g/mol. The molecular formula is C19H28N2O3. The van der Waals surface area contributed by atoms with E-state index in [0.717, 1.165) is 38.5 Å². The van der Waals surface area contributed by atoms with Crippen LogP contribution in [-0.4, -0.2) is 42.9 Å². The lowest BCUT2D eigenvalue weighted by atomic mass is 9.87. The molecule has 1 aromatic rings. The topological polar surface area (TPSA) is 50.8 Å². The first-order chi connectivity index (χ1) is 11.3. The normalized spacial score (nSPS) is 24.5. The third-order valence-corrected chi connectivity index (χ3v) is 4.68. The van der Waals surface area contributed by atoms with Gasteiger partial charge < -0.3 is 9.47 Å². The highest BCUT2D eigenvalue weighted by molar-refractivity contribution is 5.84. The van der Waals surface area contributed by atoms with Crippen molar-refractivity contribution in [3.63, 3.8) is 0 Å². The lowest BCUT2D eigenvalue weighted by Gasteiger charge is -2.22. The van der Waals surface area contributed by atoms with Crippen LogP contribution in [0.1, 0.15) is 39.2 Å². The molecule has 0 aliphatic carbocycles. The molecule has 0 bridgehead atoms. The van der Waals surface area contributed by atoms with Gasteiger partial charge in [0, 0.05) is 30.8 Å². The first-order valence-corrected chi connectivity index (χ1v) is 8.73. The average molecular weight is 332 g/mol. The SMILES string of the molecule is CC(C)(C)OC(=O)Nc1cccc(CN2CC[C@]3(CCOC3)C2)c1. The van der Waals surface area contributed by atoms with Gasteiger partial charge in [-0.3, -0.25) is 10.2 Å². The lowest BCUT2D eigenvalue weighted by molar-refractivity contribution is 0.0636. The maximum absolute atomic E-state index is 11.9. The Morgan fingerprint density at radius 2 is 2.21 bits per heavy atom. The van der Waals surface area contributed by atoms with Crippen LogP contribution < -0.4 is 5.32 Å². The second-order valence-corrected chi connectivity index (χ2v) is 8.09. The van der Waals surface area contributed by atoms with Crippen molar-refractivity contribution in [3.05, 3.63) is 29.8 Å². The fourth-order valence-corrected chi connectivity index (χ4v) is 3.56. The number of benzene rings is 1. The van der Waals surface area contributed by atoms with Crippen LogP contribution in [-0.2, 0) is 16.0 Å². The van der Waals surface area contributed by atoms with Crippen molar-refractivity contribution in [1.82, 2.24) is 4.90 Å². The predicted octanol–water partition coefficient (Wildman–Crippen LogP) is 3.65. The molecule has 0 saturated carbocycles. The minimum atomic E-state index is -0.491. The molecule has 1 N–H and O–H groups in total. The first-order valence-electron chi connectivity index (χ1n) is 8.73. The Hall–Kier alpha value is -1.59. The molecule has 1 aromatic carbocycles. The van der Waals surface area contributed by atoms with E-state index < -0.39 is 11.7 Å². The third kappa shape index (κ3) is 4.48. The molecule has 0 aromatic heterocycles. The smallest absolute Gasteiger partial charge is 0.412 e. The summed E-state index contributed by atoms with van der Waals surface area (Å²) in [6.45, 7) is 10.5. The van der Waals surface area contributed by atoms with E-state index in [0.29, 0.717) is 5.41 Å². The van der Waals surface area contributed by atoms with Crippen molar-refractivity contribution in [2.45, 2.75) is 45.8 Å². The summed E-state index contributed by atoms with van der Waals surface area (Å²) in [6.07, 6.45) is 2.00. The zero-order valence-electron chi connectivity index (χ0n) is 14.9. The van der Waals surface area contributed by atoms with Crippen LogP contribution in [0, 0.1) is 5.41 Å². The van der Waals surface area contributed by atoms with Gasteiger partial charge in [0.25, 0.3) is 0 Å². The fourth-order valence-electron chi connectivity index (χ4n) is 3.56. The molecule has 132 valence electrons. The summed E-state index contributed by atoms with van der Waals surface area (Å²) in [4.78, 5) is 14.4. The molecule has 5 heteroatoms. The molecular weight excluding hydrogens is 304 g/mol. The highest BCUT2D eigenvalue weighted by Crippen LogP contribution is 2.38. The lowest BCUT2D eigenvalue weighted by Crippen LogP contribution is -2.28. The zero-order valence-corrected chi connectivity index (χ0v) is 14.9. The van der Waals surface area contributed by atoms with E-state index in [1.54, 1.807) is 0 Å². The second kappa shape index (κ2) is 6.73. The standard InChI is InChI=1S/C19H28N2O3/c1-18(2,3)24-17(22)20-16-6-4-5-15(11-16)12-21-9-7-19(13-21)8-10-23-14-19/h4-6,11H,7-10,12-14H2,1-3H3,(H,20,22)/t19-/m0/s1. The Kier molecular flexibility index (Phi) is 4.83. The summed E-state index contributed by atoms with van der Waals surface area (Å²) in [5.74, 6) is 0. The number of likely N-dealkylation sites (tertiary alicyclic amines) is 1. The van der Waals surface area contributed by atoms with E-state index in [2.05, 4.69) is 16.3 Å². The summed E-state index contributed by atoms with van der Waals surface area (Å²) >= 11 is 0. The first kappa shape index (κ1) is 17.2. The quantitative estimate of drug-likeness (QED) is 0.918. The molecule has 2 fully saturated rings. The zero-order chi connectivity index (χ0) is 17.2. The molecule has 2 saturated heterocycles. The molecule has 5 nitrogen and oxygen atoms in total. The fraction of sp³-hybridized carbons (Fsp3) is 0.632. The number of nitrogens with zero attached hydrogens (tertiary/aromatic N) is 1. The third-order valence-electron chi connectivity index (χ3n) is 4.68. The molecule has 2 aliphatic heterocycles. The number of carbonyl (C=O) groups excluding carboxylic acids is 1. The molecule has 2 aliphatic rings. The number of hydrogen-bond acceptors (Lipinski definition) is 4. The molecule has 1 amide bonds. The number of nitrogens with one attached hydrogen (secondary N) is 1. The number of amides is 1. The molecule has 1 spiro atoms. The van der Waals surface area contributed by atoms with Gasteiger partial charge in [0.1, 0.15) is 5.60 Å². The summed E-state index contributed by atoms with van der Waals surface area (Å²) in [6, 6.07) is 8.01. The second-order valence-electron chi connectivity index (χ2n) is 8.09. The summed E-state index contributed by atoms with van der Waals surface area (Å²) < 4.78 is 10.9. The maximum Gasteiger partial charge on any atom is 0.412 e. The van der Waals surface area contributed by atoms with Gasteiger partial charge in [-0.2, -0.15) is 0 Å². The maximum atomic E-state index is 11.9. The highest BCUT2D eigenvalue weighted by Gasteiger charge is 2.40. The number of anilines is 1. The molecule has 1 atom stereocenters. The van der Waals surface area contributed by atoms with Crippen LogP contribution in [0.25, 0.3) is 0 Å². The van der Waals surface area contributed by atoms with Crippen LogP contribution in [0.3, 0.4) is 0 Å². The van der Waals surface area contributed by atoms with Gasteiger partial charge >= 0.3 is 6.09 Å². The molecule has 3 rings (SSSR count). The van der Waals surface area contributed by atoms with Gasteiger partial charge in [0.15, 0.2) is 0 Å². The van der Waals surface area contributed by atoms with Crippen molar-refractivity contribution >= 4 is 11.8 Å². The number of hydrogen-bond donors (Lipinski definition) is 1. The van der Waals surface area contributed by atoms with Gasteiger partial charge in [-0.05, 0) is 57.9 Å². The van der Waals surface area contributed by atoms with Gasteiger partial charge in [0.2, 0.25) is 0 Å². The average Bonchev–Trinajstić information content (AvgIpc) is 3.08. The minimum Gasteiger partial charge on any atom is -0.444 e. The van der Waals surface area contributed by atoms with E-state index in [1.165, 1.54) is 18.4 Å². The molecule has 24 heavy (non-hydrogen) atoms. The van der Waals surface area contributed by atoms with Crippen LogP contribution in [0.15, 0.2) is 24.3 Å². The van der Waals surface area contributed by atoms with Crippen molar-refractivity contribution < 1.29 is 14.3 Å². The van der Waals surface area contributed by atoms with E-state index in [1.807, 2.05) is 39.0 Å². The van der Waals surface area contributed by atoms with E-state index >= 15 is 0 Å². The summed E-state index contributed by atoms with van der Waals surface area (Å²) in [5, 5.41) is 2.81. The van der Waals surface area contributed by atoms with E-state index in [9.17, 15) is 4.79 Å².